The minimum atomic E-state index is -2.17. The van der Waals surface area contributed by atoms with Crippen LogP contribution in [0.1, 0.15) is 6.42 Å². The molecule has 0 atom stereocenters. The van der Waals surface area contributed by atoms with Gasteiger partial charge in [0.25, 0.3) is 0 Å². The normalized spacial score (nSPS) is 7.06. The van der Waals surface area contributed by atoms with Gasteiger partial charge in [0.05, 0.1) is 0 Å². The van der Waals surface area contributed by atoms with Crippen molar-refractivity contribution in [1.82, 2.24) is 0 Å². The first-order valence-electron chi connectivity index (χ1n) is 3.44. The van der Waals surface area contributed by atoms with E-state index in [9.17, 15) is 9.59 Å². The van der Waals surface area contributed by atoms with Crippen molar-refractivity contribution in [3.8, 4) is 0 Å². The summed E-state index contributed by atoms with van der Waals surface area (Å²) >= 11 is 0. The zero-order valence-corrected chi connectivity index (χ0v) is 8.05. The fourth-order valence-corrected chi connectivity index (χ4v) is 0.129. The second-order valence-corrected chi connectivity index (χ2v) is 1.92. The van der Waals surface area contributed by atoms with E-state index in [1.807, 2.05) is 0 Å². The van der Waals surface area contributed by atoms with Gasteiger partial charge in [0, 0.05) is 0 Å². The van der Waals surface area contributed by atoms with Crippen LogP contribution in [0.3, 0.4) is 0 Å². The molecular formula is C5H10BLiO11. The SMILES string of the molecule is O=C(O)C(=O)O.O=C(O)CC(=O)O.OB(O)O.[LiH]. The molecule has 0 heterocycles. The Hall–Kier alpha value is -1.58. The standard InChI is InChI=1S/C3H4O4.C2H2O4.BH3O3.Li.H/c4-2(5)1-3(6)7;3-1(4)2(5)6;2-1(3)4;;/h1H2,(H,4,5)(H,6,7);(H,3,4)(H,5,6);2-4H;;. The summed E-state index contributed by atoms with van der Waals surface area (Å²) in [4.78, 5) is 37.1. The van der Waals surface area contributed by atoms with E-state index in [2.05, 4.69) is 0 Å². The van der Waals surface area contributed by atoms with Gasteiger partial charge in [-0.25, -0.2) is 9.59 Å². The van der Waals surface area contributed by atoms with Crippen LogP contribution in [0.5, 0.6) is 0 Å². The first-order chi connectivity index (χ1) is 7.50. The second kappa shape index (κ2) is 15.4. The molecule has 100 valence electrons. The van der Waals surface area contributed by atoms with Crippen LogP contribution in [-0.4, -0.2) is 85.6 Å². The fourth-order valence-electron chi connectivity index (χ4n) is 0.129. The van der Waals surface area contributed by atoms with Crippen LogP contribution < -0.4 is 0 Å². The molecule has 0 aromatic carbocycles. The molecule has 0 aromatic heterocycles. The minimum absolute atomic E-state index is 0. The third-order valence-corrected chi connectivity index (χ3v) is 0.485. The molecule has 0 aliphatic carbocycles. The maximum absolute atomic E-state index is 9.43. The third-order valence-electron chi connectivity index (χ3n) is 0.485. The Morgan fingerprint density at radius 3 is 0.889 bits per heavy atom. The molecule has 0 radical (unpaired) electrons. The molecule has 0 unspecified atom stereocenters. The van der Waals surface area contributed by atoms with Crippen LogP contribution >= 0.6 is 0 Å². The molecule has 11 nitrogen and oxygen atoms in total. The van der Waals surface area contributed by atoms with E-state index in [1.165, 1.54) is 0 Å². The molecule has 0 fully saturated rings. The van der Waals surface area contributed by atoms with Crippen molar-refractivity contribution in [3.63, 3.8) is 0 Å². The quantitative estimate of drug-likeness (QED) is 0.145. The maximum atomic E-state index is 9.43. The number of aliphatic carboxylic acids is 4. The molecule has 0 amide bonds. The number of carbonyl (C=O) groups is 4. The fraction of sp³-hybridized carbons (Fsp3) is 0.200. The molecule has 13 heteroatoms. The summed E-state index contributed by atoms with van der Waals surface area (Å²) in [5, 5.41) is 51.7. The number of carboxylic acids is 4. The van der Waals surface area contributed by atoms with E-state index >= 15 is 0 Å². The van der Waals surface area contributed by atoms with Crippen LogP contribution in [0.25, 0.3) is 0 Å². The van der Waals surface area contributed by atoms with Crippen LogP contribution in [0.4, 0.5) is 0 Å². The van der Waals surface area contributed by atoms with Gasteiger partial charge in [-0.3, -0.25) is 9.59 Å². The third kappa shape index (κ3) is 63.0. The van der Waals surface area contributed by atoms with Gasteiger partial charge < -0.3 is 35.5 Å². The zero-order chi connectivity index (χ0) is 14.6. The van der Waals surface area contributed by atoms with E-state index in [0.29, 0.717) is 0 Å². The topological polar surface area (TPSA) is 210 Å². The summed E-state index contributed by atoms with van der Waals surface area (Å²) in [6.45, 7) is 0. The van der Waals surface area contributed by atoms with Crippen molar-refractivity contribution in [2.24, 2.45) is 0 Å². The molecule has 0 rings (SSSR count). The Labute approximate surface area is 112 Å². The van der Waals surface area contributed by atoms with Gasteiger partial charge in [-0.15, -0.1) is 0 Å². The number of hydrogen-bond donors (Lipinski definition) is 7. The molecule has 18 heavy (non-hydrogen) atoms. The Bertz CT molecular complexity index is 250. The monoisotopic (exact) mass is 264 g/mol. The molecule has 0 spiro atoms. The van der Waals surface area contributed by atoms with Crippen LogP contribution in [-0.2, 0) is 19.2 Å². The summed E-state index contributed by atoms with van der Waals surface area (Å²) in [5.74, 6) is -6.27. The Morgan fingerprint density at radius 1 is 0.722 bits per heavy atom. The molecular weight excluding hydrogens is 254 g/mol. The second-order valence-electron chi connectivity index (χ2n) is 1.92. The van der Waals surface area contributed by atoms with E-state index in [1.54, 1.807) is 0 Å². The molecule has 7 N–H and O–H groups in total. The molecule has 0 saturated carbocycles. The number of hydrogen-bond acceptors (Lipinski definition) is 7. The van der Waals surface area contributed by atoms with Crippen LogP contribution in [0.2, 0.25) is 0 Å². The van der Waals surface area contributed by atoms with Gasteiger partial charge in [0.15, 0.2) is 0 Å². The summed E-state index contributed by atoms with van der Waals surface area (Å²) in [6.07, 6.45) is -0.806. The summed E-state index contributed by atoms with van der Waals surface area (Å²) in [5.41, 5.74) is 0. The van der Waals surface area contributed by atoms with E-state index < -0.39 is 37.6 Å². The molecule has 0 aromatic rings. The molecule has 0 bridgehead atoms. The summed E-state index contributed by atoms with van der Waals surface area (Å²) < 4.78 is 0. The van der Waals surface area contributed by atoms with Crippen molar-refractivity contribution >= 4 is 50.1 Å². The molecule has 0 aliphatic rings. The van der Waals surface area contributed by atoms with Crippen molar-refractivity contribution in [1.29, 1.82) is 0 Å². The predicted molar refractivity (Wildman–Crippen MR) is 54.7 cm³/mol. The molecule has 0 saturated heterocycles. The van der Waals surface area contributed by atoms with Gasteiger partial charge in [-0.2, -0.15) is 0 Å². The van der Waals surface area contributed by atoms with Gasteiger partial charge >= 0.3 is 50.1 Å². The van der Waals surface area contributed by atoms with Gasteiger partial charge in [-0.1, -0.05) is 0 Å². The zero-order valence-electron chi connectivity index (χ0n) is 8.05. The van der Waals surface area contributed by atoms with Gasteiger partial charge in [0.2, 0.25) is 0 Å². The Balaban J connectivity index is -0.0000000823. The summed E-state index contributed by atoms with van der Waals surface area (Å²) in [6, 6.07) is 0. The average Bonchev–Trinajstić information content (AvgIpc) is 2.00. The van der Waals surface area contributed by atoms with E-state index in [4.69, 9.17) is 45.1 Å². The van der Waals surface area contributed by atoms with E-state index in [0.717, 1.165) is 0 Å². The van der Waals surface area contributed by atoms with Crippen molar-refractivity contribution < 1.29 is 54.7 Å². The number of carboxylic acid groups (broad SMARTS) is 4. The average molecular weight is 264 g/mol. The van der Waals surface area contributed by atoms with Crippen LogP contribution in [0, 0.1) is 0 Å². The van der Waals surface area contributed by atoms with E-state index in [-0.39, 0.29) is 18.9 Å². The van der Waals surface area contributed by atoms with Crippen molar-refractivity contribution in [2.45, 2.75) is 6.42 Å². The van der Waals surface area contributed by atoms with Crippen molar-refractivity contribution in [2.75, 3.05) is 0 Å². The van der Waals surface area contributed by atoms with Gasteiger partial charge in [0.1, 0.15) is 6.42 Å². The first-order valence-corrected chi connectivity index (χ1v) is 3.44. The van der Waals surface area contributed by atoms with Crippen LogP contribution in [0.15, 0.2) is 0 Å². The first kappa shape index (κ1) is 25.3. The number of rotatable bonds is 2. The summed E-state index contributed by atoms with van der Waals surface area (Å²) in [7, 11) is -2.17. The molecule has 0 aliphatic heterocycles. The van der Waals surface area contributed by atoms with Crippen molar-refractivity contribution in [3.05, 3.63) is 0 Å². The van der Waals surface area contributed by atoms with Gasteiger partial charge in [-0.05, 0) is 0 Å². The Kier molecular flexibility index (Phi) is 21.7. The predicted octanol–water partition coefficient (Wildman–Crippen LogP) is -4.00. The Morgan fingerprint density at radius 2 is 0.889 bits per heavy atom.